The highest BCUT2D eigenvalue weighted by molar-refractivity contribution is 6.30. The minimum absolute atomic E-state index is 0.187. The molecule has 0 aliphatic rings. The lowest BCUT2D eigenvalue weighted by atomic mass is 10.2. The third-order valence-electron chi connectivity index (χ3n) is 3.15. The van der Waals surface area contributed by atoms with Crippen molar-refractivity contribution in [2.24, 2.45) is 5.92 Å². The minimum Gasteiger partial charge on any atom is -0.307 e. The molecule has 22 heavy (non-hydrogen) atoms. The van der Waals surface area contributed by atoms with E-state index in [1.165, 1.54) is 0 Å². The van der Waals surface area contributed by atoms with Gasteiger partial charge in [-0.05, 0) is 36.2 Å². The second-order valence-electron chi connectivity index (χ2n) is 5.15. The van der Waals surface area contributed by atoms with Gasteiger partial charge in [0.1, 0.15) is 0 Å². The van der Waals surface area contributed by atoms with Gasteiger partial charge in [0.15, 0.2) is 0 Å². The number of hydrogen-bond donors (Lipinski definition) is 1. The molecule has 1 atom stereocenters. The number of hydrogen-bond acceptors (Lipinski definition) is 1. The molecule has 0 saturated carbocycles. The van der Waals surface area contributed by atoms with E-state index in [-0.39, 0.29) is 11.9 Å². The second-order valence-corrected chi connectivity index (χ2v) is 5.89. The number of amides is 2. The van der Waals surface area contributed by atoms with Crippen LogP contribution in [0, 0.1) is 5.92 Å². The Morgan fingerprint density at radius 1 is 1.18 bits per heavy atom. The lowest BCUT2D eigenvalue weighted by molar-refractivity contribution is 0.256. The van der Waals surface area contributed by atoms with Crippen LogP contribution in [0.3, 0.4) is 0 Å². The van der Waals surface area contributed by atoms with Crippen molar-refractivity contribution in [1.82, 2.24) is 0 Å². The van der Waals surface area contributed by atoms with Crippen LogP contribution < -0.4 is 10.2 Å². The van der Waals surface area contributed by atoms with Crippen molar-refractivity contribution in [2.45, 2.75) is 6.92 Å². The van der Waals surface area contributed by atoms with Crippen molar-refractivity contribution in [3.8, 4) is 0 Å². The summed E-state index contributed by atoms with van der Waals surface area (Å²) in [5, 5.41) is 3.45. The minimum atomic E-state index is -0.203. The van der Waals surface area contributed by atoms with Crippen LogP contribution in [0.25, 0.3) is 0 Å². The van der Waals surface area contributed by atoms with Crippen molar-refractivity contribution in [2.75, 3.05) is 22.6 Å². The molecule has 2 rings (SSSR count). The molecule has 2 amide bonds. The smallest absolute Gasteiger partial charge is 0.307 e. The quantitative estimate of drug-likeness (QED) is 0.742. The molecule has 2 aromatic carbocycles. The number of anilines is 2. The molecule has 0 heterocycles. The molecule has 2 aromatic rings. The van der Waals surface area contributed by atoms with Gasteiger partial charge in [-0.3, -0.25) is 4.90 Å². The van der Waals surface area contributed by atoms with E-state index < -0.39 is 0 Å². The Morgan fingerprint density at radius 2 is 1.91 bits per heavy atom. The van der Waals surface area contributed by atoms with Crippen LogP contribution in [0.5, 0.6) is 0 Å². The topological polar surface area (TPSA) is 32.3 Å². The van der Waals surface area contributed by atoms with Crippen molar-refractivity contribution >= 4 is 40.6 Å². The molecular weight excluding hydrogens is 319 g/mol. The largest absolute Gasteiger partial charge is 0.326 e. The van der Waals surface area contributed by atoms with E-state index in [0.717, 1.165) is 5.69 Å². The Balaban J connectivity index is 2.19. The maximum absolute atomic E-state index is 12.6. The van der Waals surface area contributed by atoms with Gasteiger partial charge in [0.05, 0.1) is 0 Å². The number of para-hydroxylation sites is 1. The number of alkyl halides is 1. The Bertz CT molecular complexity index is 619. The number of urea groups is 1. The zero-order valence-corrected chi connectivity index (χ0v) is 13.8. The summed E-state index contributed by atoms with van der Waals surface area (Å²) in [4.78, 5) is 14.3. The third kappa shape index (κ3) is 4.65. The molecule has 5 heteroatoms. The molecule has 0 aliphatic carbocycles. The molecule has 0 radical (unpaired) electrons. The van der Waals surface area contributed by atoms with Crippen molar-refractivity contribution in [3.63, 3.8) is 0 Å². The average molecular weight is 337 g/mol. The fraction of sp³-hybridized carbons (Fsp3) is 0.235. The van der Waals surface area contributed by atoms with Crippen molar-refractivity contribution < 1.29 is 4.79 Å². The summed E-state index contributed by atoms with van der Waals surface area (Å²) in [7, 11) is 0. The predicted octanol–water partition coefficient (Wildman–Crippen LogP) is 5.25. The molecule has 0 aliphatic heterocycles. The zero-order valence-electron chi connectivity index (χ0n) is 12.3. The first-order chi connectivity index (χ1) is 10.6. The Morgan fingerprint density at radius 3 is 2.55 bits per heavy atom. The molecule has 0 fully saturated rings. The van der Waals surface area contributed by atoms with Crippen LogP contribution in [-0.4, -0.2) is 18.5 Å². The van der Waals surface area contributed by atoms with Gasteiger partial charge in [-0.25, -0.2) is 4.79 Å². The first-order valence-electron chi connectivity index (χ1n) is 7.05. The van der Waals surface area contributed by atoms with Crippen LogP contribution >= 0.6 is 23.2 Å². The van der Waals surface area contributed by atoms with Gasteiger partial charge in [-0.2, -0.15) is 0 Å². The second kappa shape index (κ2) is 8.06. The van der Waals surface area contributed by atoms with Crippen molar-refractivity contribution in [1.29, 1.82) is 0 Å². The van der Waals surface area contributed by atoms with Crippen LogP contribution in [0.15, 0.2) is 54.6 Å². The van der Waals surface area contributed by atoms with Gasteiger partial charge < -0.3 is 5.32 Å². The number of benzene rings is 2. The maximum Gasteiger partial charge on any atom is 0.326 e. The predicted molar refractivity (Wildman–Crippen MR) is 94.1 cm³/mol. The lowest BCUT2D eigenvalue weighted by Crippen LogP contribution is -2.38. The summed E-state index contributed by atoms with van der Waals surface area (Å²) in [5.41, 5.74) is 1.50. The highest BCUT2D eigenvalue weighted by atomic mass is 35.5. The molecule has 1 N–H and O–H groups in total. The first-order valence-corrected chi connectivity index (χ1v) is 7.96. The molecule has 3 nitrogen and oxygen atoms in total. The number of rotatable bonds is 5. The summed E-state index contributed by atoms with van der Waals surface area (Å²) in [5.74, 6) is 0.681. The van der Waals surface area contributed by atoms with E-state index in [2.05, 4.69) is 5.32 Å². The molecule has 0 saturated heterocycles. The van der Waals surface area contributed by atoms with Gasteiger partial charge in [-0.15, -0.1) is 11.6 Å². The van der Waals surface area contributed by atoms with Gasteiger partial charge in [0, 0.05) is 28.8 Å². The van der Waals surface area contributed by atoms with Crippen LogP contribution in [-0.2, 0) is 0 Å². The van der Waals surface area contributed by atoms with Crippen molar-refractivity contribution in [3.05, 3.63) is 59.6 Å². The Hall–Kier alpha value is -1.71. The average Bonchev–Trinajstić information content (AvgIpc) is 2.53. The molecule has 0 bridgehead atoms. The summed E-state index contributed by atoms with van der Waals surface area (Å²) >= 11 is 11.8. The zero-order chi connectivity index (χ0) is 15.9. The number of carbonyl (C=O) groups is 1. The maximum atomic E-state index is 12.6. The molecule has 116 valence electrons. The number of halogens is 2. The van der Waals surface area contributed by atoms with E-state index in [0.29, 0.717) is 23.1 Å². The van der Waals surface area contributed by atoms with Gasteiger partial charge in [-0.1, -0.05) is 42.8 Å². The third-order valence-corrected chi connectivity index (χ3v) is 3.91. The monoisotopic (exact) mass is 336 g/mol. The number of nitrogens with one attached hydrogen (secondary N) is 1. The summed E-state index contributed by atoms with van der Waals surface area (Å²) in [6, 6.07) is 16.4. The first kappa shape index (κ1) is 16.7. The van der Waals surface area contributed by atoms with Gasteiger partial charge >= 0.3 is 6.03 Å². The van der Waals surface area contributed by atoms with E-state index in [4.69, 9.17) is 23.2 Å². The van der Waals surface area contributed by atoms with Crippen LogP contribution in [0.1, 0.15) is 6.92 Å². The highest BCUT2D eigenvalue weighted by Gasteiger charge is 2.18. The molecule has 0 spiro atoms. The Labute approximate surface area is 140 Å². The van der Waals surface area contributed by atoms with E-state index in [9.17, 15) is 4.79 Å². The Kier molecular flexibility index (Phi) is 6.10. The van der Waals surface area contributed by atoms with Crippen LogP contribution in [0.4, 0.5) is 16.2 Å². The van der Waals surface area contributed by atoms with Crippen LogP contribution in [0.2, 0.25) is 5.02 Å². The highest BCUT2D eigenvalue weighted by Crippen LogP contribution is 2.19. The summed E-state index contributed by atoms with van der Waals surface area (Å²) in [6.07, 6.45) is 0. The fourth-order valence-corrected chi connectivity index (χ4v) is 2.32. The standard InChI is InChI=1S/C17H18Cl2N2O/c1-13(11-18)12-21(16-8-3-2-4-9-16)17(22)20-15-7-5-6-14(19)10-15/h2-10,13H,11-12H2,1H3,(H,20,22). The van der Waals surface area contributed by atoms with Gasteiger partial charge in [0.25, 0.3) is 0 Å². The van der Waals surface area contributed by atoms with E-state index in [1.54, 1.807) is 29.2 Å². The van der Waals surface area contributed by atoms with Gasteiger partial charge in [0.2, 0.25) is 0 Å². The summed E-state index contributed by atoms with van der Waals surface area (Å²) < 4.78 is 0. The summed E-state index contributed by atoms with van der Waals surface area (Å²) in [6.45, 7) is 2.55. The van der Waals surface area contributed by atoms with E-state index >= 15 is 0 Å². The van der Waals surface area contributed by atoms with E-state index in [1.807, 2.05) is 37.3 Å². The lowest BCUT2D eigenvalue weighted by Gasteiger charge is -2.25. The molecule has 1 unspecified atom stereocenters. The number of nitrogens with zero attached hydrogens (tertiary/aromatic N) is 1. The molecule has 0 aromatic heterocycles. The molecular formula is C17H18Cl2N2O. The fourth-order valence-electron chi connectivity index (χ4n) is 2.03. The normalized spacial score (nSPS) is 11.8. The SMILES string of the molecule is CC(CCl)CN(C(=O)Nc1cccc(Cl)c1)c1ccccc1. The number of carbonyl (C=O) groups excluding carboxylic acids is 1.